The lowest BCUT2D eigenvalue weighted by atomic mass is 9.96. The molecule has 0 unspecified atom stereocenters. The molecule has 126 valence electrons. The standard InChI is InChI=1S/C19H21ClN2O2/c1-12-15(9-10-24-21)19-16(11-13-3-5-14(20)6-4-13)18(23-2)8-7-17(19)22-12/h3-8,22H,9-11,21H2,1-2H3. The predicted octanol–water partition coefficient (Wildman–Crippen LogP) is 4.16. The minimum Gasteiger partial charge on any atom is -0.496 e. The molecule has 5 heteroatoms. The van der Waals surface area contributed by atoms with E-state index in [1.807, 2.05) is 30.3 Å². The van der Waals surface area contributed by atoms with Crippen molar-refractivity contribution in [3.8, 4) is 5.75 Å². The number of methoxy groups -OCH3 is 1. The summed E-state index contributed by atoms with van der Waals surface area (Å²) in [6, 6.07) is 12.0. The van der Waals surface area contributed by atoms with Gasteiger partial charge < -0.3 is 14.6 Å². The second-order valence-electron chi connectivity index (χ2n) is 5.82. The Morgan fingerprint density at radius 3 is 2.50 bits per heavy atom. The number of fused-ring (bicyclic) bond motifs is 1. The maximum absolute atomic E-state index is 6.00. The second-order valence-corrected chi connectivity index (χ2v) is 6.26. The Hall–Kier alpha value is -2.01. The fourth-order valence-corrected chi connectivity index (χ4v) is 3.32. The van der Waals surface area contributed by atoms with Crippen molar-refractivity contribution in [3.63, 3.8) is 0 Å². The molecule has 0 aliphatic rings. The van der Waals surface area contributed by atoms with E-state index in [0.29, 0.717) is 6.61 Å². The van der Waals surface area contributed by atoms with Crippen LogP contribution >= 0.6 is 11.6 Å². The second kappa shape index (κ2) is 7.26. The Bertz CT molecular complexity index is 841. The Morgan fingerprint density at radius 2 is 1.83 bits per heavy atom. The molecule has 3 rings (SSSR count). The highest BCUT2D eigenvalue weighted by Crippen LogP contribution is 2.34. The molecule has 2 aromatic carbocycles. The van der Waals surface area contributed by atoms with Crippen LogP contribution in [0.15, 0.2) is 36.4 Å². The van der Waals surface area contributed by atoms with E-state index < -0.39 is 0 Å². The summed E-state index contributed by atoms with van der Waals surface area (Å²) < 4.78 is 5.62. The van der Waals surface area contributed by atoms with E-state index in [1.165, 1.54) is 16.5 Å². The van der Waals surface area contributed by atoms with E-state index in [1.54, 1.807) is 7.11 Å². The first-order valence-electron chi connectivity index (χ1n) is 7.87. The Morgan fingerprint density at radius 1 is 1.08 bits per heavy atom. The Labute approximate surface area is 146 Å². The average molecular weight is 345 g/mol. The molecule has 0 aliphatic heterocycles. The SMILES string of the molecule is COc1ccc2[nH]c(C)c(CCON)c2c1Cc1ccc(Cl)cc1. The third-order valence-electron chi connectivity index (χ3n) is 4.33. The fourth-order valence-electron chi connectivity index (χ4n) is 3.19. The van der Waals surface area contributed by atoms with Crippen LogP contribution in [0.2, 0.25) is 5.02 Å². The van der Waals surface area contributed by atoms with Gasteiger partial charge in [0.25, 0.3) is 0 Å². The van der Waals surface area contributed by atoms with Crippen molar-refractivity contribution in [1.82, 2.24) is 4.98 Å². The fraction of sp³-hybridized carbons (Fsp3) is 0.263. The molecule has 4 nitrogen and oxygen atoms in total. The highest BCUT2D eigenvalue weighted by atomic mass is 35.5. The van der Waals surface area contributed by atoms with Crippen molar-refractivity contribution in [3.05, 3.63) is 63.8 Å². The van der Waals surface area contributed by atoms with Gasteiger partial charge in [0.2, 0.25) is 0 Å². The van der Waals surface area contributed by atoms with E-state index in [0.717, 1.165) is 40.4 Å². The van der Waals surface area contributed by atoms with Crippen molar-refractivity contribution in [2.75, 3.05) is 13.7 Å². The minimum atomic E-state index is 0.478. The number of hydrogen-bond acceptors (Lipinski definition) is 3. The summed E-state index contributed by atoms with van der Waals surface area (Å²) in [6.07, 6.45) is 1.52. The van der Waals surface area contributed by atoms with E-state index in [4.69, 9.17) is 27.1 Å². The van der Waals surface area contributed by atoms with E-state index >= 15 is 0 Å². The van der Waals surface area contributed by atoms with Gasteiger partial charge in [0, 0.05) is 40.0 Å². The molecule has 0 amide bonds. The summed E-state index contributed by atoms with van der Waals surface area (Å²) in [7, 11) is 1.70. The number of H-pyrrole nitrogens is 1. The summed E-state index contributed by atoms with van der Waals surface area (Å²) in [5.41, 5.74) is 5.80. The largest absolute Gasteiger partial charge is 0.496 e. The van der Waals surface area contributed by atoms with Crippen molar-refractivity contribution in [2.45, 2.75) is 19.8 Å². The maximum Gasteiger partial charge on any atom is 0.123 e. The number of ether oxygens (including phenoxy) is 1. The number of hydrogen-bond donors (Lipinski definition) is 2. The molecular weight excluding hydrogens is 324 g/mol. The predicted molar refractivity (Wildman–Crippen MR) is 97.7 cm³/mol. The summed E-state index contributed by atoms with van der Waals surface area (Å²) in [5, 5.41) is 1.93. The molecule has 3 N–H and O–H groups in total. The van der Waals surface area contributed by atoms with Crippen molar-refractivity contribution >= 4 is 22.5 Å². The number of nitrogens with one attached hydrogen (secondary N) is 1. The first-order valence-corrected chi connectivity index (χ1v) is 8.25. The minimum absolute atomic E-state index is 0.478. The maximum atomic E-state index is 6.00. The number of nitrogens with two attached hydrogens (primary N) is 1. The molecule has 0 saturated heterocycles. The first-order chi connectivity index (χ1) is 11.6. The highest BCUT2D eigenvalue weighted by molar-refractivity contribution is 6.30. The van der Waals surface area contributed by atoms with E-state index in [2.05, 4.69) is 18.0 Å². The van der Waals surface area contributed by atoms with Crippen LogP contribution in [0.25, 0.3) is 10.9 Å². The van der Waals surface area contributed by atoms with Crippen LogP contribution < -0.4 is 10.6 Å². The number of benzene rings is 2. The van der Waals surface area contributed by atoms with Gasteiger partial charge in [0.05, 0.1) is 13.7 Å². The van der Waals surface area contributed by atoms with Crippen LogP contribution in [0.5, 0.6) is 5.75 Å². The third kappa shape index (κ3) is 3.26. The van der Waals surface area contributed by atoms with Crippen molar-refractivity contribution < 1.29 is 9.57 Å². The van der Waals surface area contributed by atoms with Crippen molar-refractivity contribution in [1.29, 1.82) is 0 Å². The molecule has 0 spiro atoms. The van der Waals surface area contributed by atoms with Gasteiger partial charge >= 0.3 is 0 Å². The lowest BCUT2D eigenvalue weighted by molar-refractivity contribution is 0.141. The van der Waals surface area contributed by atoms with Gasteiger partial charge in [-0.1, -0.05) is 23.7 Å². The molecule has 0 atom stereocenters. The van der Waals surface area contributed by atoms with Gasteiger partial charge in [-0.25, -0.2) is 5.90 Å². The van der Waals surface area contributed by atoms with Gasteiger partial charge in [0.1, 0.15) is 5.75 Å². The molecule has 0 aliphatic carbocycles. The molecule has 1 aromatic heterocycles. The first kappa shape index (κ1) is 16.8. The average Bonchev–Trinajstić information content (AvgIpc) is 2.91. The van der Waals surface area contributed by atoms with Crippen LogP contribution in [0, 0.1) is 6.92 Å². The smallest absolute Gasteiger partial charge is 0.123 e. The van der Waals surface area contributed by atoms with E-state index in [9.17, 15) is 0 Å². The number of aryl methyl sites for hydroxylation is 1. The molecule has 0 fully saturated rings. The normalized spacial score (nSPS) is 11.2. The number of aromatic amines is 1. The van der Waals surface area contributed by atoms with E-state index in [-0.39, 0.29) is 0 Å². The molecule has 24 heavy (non-hydrogen) atoms. The highest BCUT2D eigenvalue weighted by Gasteiger charge is 2.16. The Balaban J connectivity index is 2.13. The summed E-state index contributed by atoms with van der Waals surface area (Å²) in [4.78, 5) is 8.24. The lowest BCUT2D eigenvalue weighted by Crippen LogP contribution is -2.05. The quantitative estimate of drug-likeness (QED) is 0.660. The molecule has 3 aromatic rings. The number of halogens is 1. The Kier molecular flexibility index (Phi) is 5.09. The van der Waals surface area contributed by atoms with Gasteiger partial charge in [-0.3, -0.25) is 0 Å². The van der Waals surface area contributed by atoms with Gasteiger partial charge in [-0.15, -0.1) is 0 Å². The zero-order chi connectivity index (χ0) is 17.1. The monoisotopic (exact) mass is 344 g/mol. The molecular formula is C19H21ClN2O2. The summed E-state index contributed by atoms with van der Waals surface area (Å²) in [5.74, 6) is 6.10. The van der Waals surface area contributed by atoms with Crippen LogP contribution in [0.4, 0.5) is 0 Å². The van der Waals surface area contributed by atoms with Gasteiger partial charge in [-0.05, 0) is 42.3 Å². The van der Waals surface area contributed by atoms with Crippen LogP contribution in [0.3, 0.4) is 0 Å². The molecule has 0 radical (unpaired) electrons. The topological polar surface area (TPSA) is 60.3 Å². The van der Waals surface area contributed by atoms with Crippen molar-refractivity contribution in [2.24, 2.45) is 5.90 Å². The van der Waals surface area contributed by atoms with Crippen LogP contribution in [-0.2, 0) is 17.7 Å². The third-order valence-corrected chi connectivity index (χ3v) is 4.58. The lowest BCUT2D eigenvalue weighted by Gasteiger charge is -2.12. The van der Waals surface area contributed by atoms with Gasteiger partial charge in [0.15, 0.2) is 0 Å². The molecule has 1 heterocycles. The molecule has 0 bridgehead atoms. The van der Waals surface area contributed by atoms with Crippen LogP contribution in [0.1, 0.15) is 22.4 Å². The summed E-state index contributed by atoms with van der Waals surface area (Å²) in [6.45, 7) is 2.55. The van der Waals surface area contributed by atoms with Gasteiger partial charge in [-0.2, -0.15) is 0 Å². The molecule has 0 saturated carbocycles. The van der Waals surface area contributed by atoms with Crippen LogP contribution in [-0.4, -0.2) is 18.7 Å². The zero-order valence-corrected chi connectivity index (χ0v) is 14.6. The zero-order valence-electron chi connectivity index (χ0n) is 13.9. The number of rotatable bonds is 6. The summed E-state index contributed by atoms with van der Waals surface area (Å²) >= 11 is 6.00. The number of aromatic nitrogens is 1.